The van der Waals surface area contributed by atoms with E-state index in [-0.39, 0.29) is 18.2 Å². The van der Waals surface area contributed by atoms with Crippen molar-refractivity contribution in [3.05, 3.63) is 95.0 Å². The Bertz CT molecular complexity index is 889. The number of hydrogen-bond donors (Lipinski definition) is 2. The maximum Gasteiger partial charge on any atom is 0.412 e. The summed E-state index contributed by atoms with van der Waals surface area (Å²) < 4.78 is 10.3. The molecule has 7 heteroatoms. The molecule has 0 aliphatic carbocycles. The minimum absolute atomic E-state index is 0.133. The molecule has 0 aliphatic rings. The van der Waals surface area contributed by atoms with E-state index >= 15 is 0 Å². The summed E-state index contributed by atoms with van der Waals surface area (Å²) in [6, 6.07) is 23.5. The molecular weight excluding hydrogens is 392 g/mol. The standard InChI is InChI=1S/C22H19ClN2O4/c23-20-18(24-21(26)28-14-16-8-3-1-4-9-16)12-7-13-19(20)25-22(27)29-15-17-10-5-2-6-11-17/h1-13H,14-15H2,(H,24,26)(H,25,27). The molecule has 3 rings (SSSR count). The average Bonchev–Trinajstić information content (AvgIpc) is 2.75. The lowest BCUT2D eigenvalue weighted by Crippen LogP contribution is -2.16. The quantitative estimate of drug-likeness (QED) is 0.535. The van der Waals surface area contributed by atoms with Crippen molar-refractivity contribution in [2.45, 2.75) is 13.2 Å². The van der Waals surface area contributed by atoms with Gasteiger partial charge >= 0.3 is 12.2 Å². The number of carbonyl (C=O) groups excluding carboxylic acids is 2. The smallest absolute Gasteiger partial charge is 0.412 e. The van der Waals surface area contributed by atoms with E-state index < -0.39 is 12.2 Å². The van der Waals surface area contributed by atoms with Crippen molar-refractivity contribution in [1.29, 1.82) is 0 Å². The van der Waals surface area contributed by atoms with Crippen LogP contribution in [0.2, 0.25) is 5.02 Å². The number of ether oxygens (including phenoxy) is 2. The van der Waals surface area contributed by atoms with Gasteiger partial charge in [-0.3, -0.25) is 10.6 Å². The van der Waals surface area contributed by atoms with E-state index in [2.05, 4.69) is 10.6 Å². The van der Waals surface area contributed by atoms with E-state index in [1.165, 1.54) is 0 Å². The number of rotatable bonds is 6. The number of halogens is 1. The zero-order valence-electron chi connectivity index (χ0n) is 15.4. The molecule has 0 radical (unpaired) electrons. The molecule has 3 aromatic carbocycles. The average molecular weight is 411 g/mol. The number of benzene rings is 3. The summed E-state index contributed by atoms with van der Waals surface area (Å²) in [4.78, 5) is 24.1. The normalized spacial score (nSPS) is 10.1. The van der Waals surface area contributed by atoms with Crippen molar-refractivity contribution < 1.29 is 19.1 Å². The molecule has 0 atom stereocenters. The van der Waals surface area contributed by atoms with Crippen LogP contribution in [0, 0.1) is 0 Å². The van der Waals surface area contributed by atoms with E-state index in [0.29, 0.717) is 11.4 Å². The van der Waals surface area contributed by atoms with Crippen molar-refractivity contribution in [2.75, 3.05) is 10.6 Å². The Morgan fingerprint density at radius 2 is 1.07 bits per heavy atom. The van der Waals surface area contributed by atoms with Crippen LogP contribution in [0.15, 0.2) is 78.9 Å². The fourth-order valence-electron chi connectivity index (χ4n) is 2.46. The highest BCUT2D eigenvalue weighted by Gasteiger charge is 2.13. The predicted octanol–water partition coefficient (Wildman–Crippen LogP) is 5.84. The third-order valence-corrected chi connectivity index (χ3v) is 4.30. The van der Waals surface area contributed by atoms with Crippen molar-refractivity contribution in [1.82, 2.24) is 0 Å². The van der Waals surface area contributed by atoms with Crippen molar-refractivity contribution in [3.8, 4) is 0 Å². The Morgan fingerprint density at radius 3 is 1.48 bits per heavy atom. The zero-order chi connectivity index (χ0) is 20.5. The van der Waals surface area contributed by atoms with E-state index in [0.717, 1.165) is 11.1 Å². The number of nitrogens with one attached hydrogen (secondary N) is 2. The lowest BCUT2D eigenvalue weighted by atomic mass is 10.2. The van der Waals surface area contributed by atoms with Crippen molar-refractivity contribution in [3.63, 3.8) is 0 Å². The minimum Gasteiger partial charge on any atom is -0.444 e. The Morgan fingerprint density at radius 1 is 0.655 bits per heavy atom. The lowest BCUT2D eigenvalue weighted by molar-refractivity contribution is 0.154. The Hall–Kier alpha value is -3.51. The van der Waals surface area contributed by atoms with Crippen LogP contribution in [0.5, 0.6) is 0 Å². The molecular formula is C22H19ClN2O4. The van der Waals surface area contributed by atoms with Gasteiger partial charge in [-0.05, 0) is 23.3 Å². The lowest BCUT2D eigenvalue weighted by Gasteiger charge is -2.12. The van der Waals surface area contributed by atoms with Gasteiger partial charge in [-0.25, -0.2) is 9.59 Å². The van der Waals surface area contributed by atoms with Crippen LogP contribution in [0.4, 0.5) is 21.0 Å². The monoisotopic (exact) mass is 410 g/mol. The van der Waals surface area contributed by atoms with Crippen LogP contribution < -0.4 is 10.6 Å². The van der Waals surface area contributed by atoms with E-state index in [1.54, 1.807) is 18.2 Å². The molecule has 0 unspecified atom stereocenters. The third kappa shape index (κ3) is 6.26. The van der Waals surface area contributed by atoms with Gasteiger partial charge in [0.1, 0.15) is 13.2 Å². The van der Waals surface area contributed by atoms with Gasteiger partial charge in [0.25, 0.3) is 0 Å². The molecule has 6 nitrogen and oxygen atoms in total. The van der Waals surface area contributed by atoms with Gasteiger partial charge in [-0.1, -0.05) is 78.3 Å². The second kappa shape index (κ2) is 10.1. The third-order valence-electron chi connectivity index (χ3n) is 3.90. The van der Waals surface area contributed by atoms with Crippen molar-refractivity contribution >= 4 is 35.2 Å². The van der Waals surface area contributed by atoms with Gasteiger partial charge in [0, 0.05) is 0 Å². The summed E-state index contributed by atoms with van der Waals surface area (Å²) in [5.41, 5.74) is 2.35. The Labute approximate surface area is 173 Å². The summed E-state index contributed by atoms with van der Waals surface area (Å²) in [7, 11) is 0. The Balaban J connectivity index is 1.54. The Kier molecular flexibility index (Phi) is 7.08. The van der Waals surface area contributed by atoms with E-state index in [9.17, 15) is 9.59 Å². The van der Waals surface area contributed by atoms with Gasteiger partial charge in [-0.15, -0.1) is 0 Å². The second-order valence-electron chi connectivity index (χ2n) is 6.04. The van der Waals surface area contributed by atoms with Crippen LogP contribution in [-0.4, -0.2) is 12.2 Å². The fourth-order valence-corrected chi connectivity index (χ4v) is 2.68. The SMILES string of the molecule is O=C(Nc1cccc(NC(=O)OCc2ccccc2)c1Cl)OCc1ccccc1. The summed E-state index contributed by atoms with van der Waals surface area (Å²) in [5, 5.41) is 5.30. The summed E-state index contributed by atoms with van der Waals surface area (Å²) in [5.74, 6) is 0. The largest absolute Gasteiger partial charge is 0.444 e. The minimum atomic E-state index is -0.653. The molecule has 0 saturated carbocycles. The first-order valence-corrected chi connectivity index (χ1v) is 9.23. The maximum atomic E-state index is 12.0. The van der Waals surface area contributed by atoms with Gasteiger partial charge in [-0.2, -0.15) is 0 Å². The molecule has 0 saturated heterocycles. The van der Waals surface area contributed by atoms with Gasteiger partial charge in [0.15, 0.2) is 0 Å². The van der Waals surface area contributed by atoms with E-state index in [4.69, 9.17) is 21.1 Å². The molecule has 2 amide bonds. The van der Waals surface area contributed by atoms with Gasteiger partial charge in [0.2, 0.25) is 0 Å². The zero-order valence-corrected chi connectivity index (χ0v) is 16.2. The van der Waals surface area contributed by atoms with Gasteiger partial charge < -0.3 is 9.47 Å². The van der Waals surface area contributed by atoms with Crippen LogP contribution >= 0.6 is 11.6 Å². The number of carbonyl (C=O) groups is 2. The topological polar surface area (TPSA) is 76.7 Å². The number of amides is 2. The summed E-state index contributed by atoms with van der Waals surface area (Å²) >= 11 is 6.29. The highest BCUT2D eigenvalue weighted by atomic mass is 35.5. The van der Waals surface area contributed by atoms with Crippen LogP contribution in [0.25, 0.3) is 0 Å². The predicted molar refractivity (Wildman–Crippen MR) is 112 cm³/mol. The van der Waals surface area contributed by atoms with Crippen LogP contribution in [0.1, 0.15) is 11.1 Å². The first kappa shape index (κ1) is 20.2. The second-order valence-corrected chi connectivity index (χ2v) is 6.42. The molecule has 0 bridgehead atoms. The number of hydrogen-bond acceptors (Lipinski definition) is 4. The summed E-state index contributed by atoms with van der Waals surface area (Å²) in [6.45, 7) is 0.266. The van der Waals surface area contributed by atoms with Crippen molar-refractivity contribution in [2.24, 2.45) is 0 Å². The maximum absolute atomic E-state index is 12.0. The molecule has 0 aromatic heterocycles. The van der Waals surface area contributed by atoms with Crippen LogP contribution in [0.3, 0.4) is 0 Å². The molecule has 148 valence electrons. The molecule has 0 fully saturated rings. The number of anilines is 2. The molecule has 0 spiro atoms. The highest BCUT2D eigenvalue weighted by molar-refractivity contribution is 6.36. The fraction of sp³-hybridized carbons (Fsp3) is 0.0909. The van der Waals surface area contributed by atoms with Crippen LogP contribution in [-0.2, 0) is 22.7 Å². The first-order valence-electron chi connectivity index (χ1n) is 8.86. The first-order chi connectivity index (χ1) is 14.1. The van der Waals surface area contributed by atoms with Gasteiger partial charge in [0.05, 0.1) is 16.4 Å². The molecule has 0 heterocycles. The summed E-state index contributed by atoms with van der Waals surface area (Å²) in [6.07, 6.45) is -1.31. The highest BCUT2D eigenvalue weighted by Crippen LogP contribution is 2.30. The van der Waals surface area contributed by atoms with E-state index in [1.807, 2.05) is 60.7 Å². The molecule has 29 heavy (non-hydrogen) atoms. The molecule has 3 aromatic rings. The molecule has 0 aliphatic heterocycles. The molecule has 2 N–H and O–H groups in total.